The van der Waals surface area contributed by atoms with Crippen LogP contribution in [0.2, 0.25) is 0 Å². The highest BCUT2D eigenvalue weighted by Gasteiger charge is 2.40. The number of benzene rings is 2. The third-order valence-corrected chi connectivity index (χ3v) is 7.77. The van der Waals surface area contributed by atoms with E-state index in [-0.39, 0.29) is 24.1 Å². The summed E-state index contributed by atoms with van der Waals surface area (Å²) < 4.78 is 17.7. The Balaban J connectivity index is 1.47. The van der Waals surface area contributed by atoms with Crippen LogP contribution >= 0.6 is 15.9 Å². The van der Waals surface area contributed by atoms with Crippen LogP contribution < -0.4 is 24.8 Å². The van der Waals surface area contributed by atoms with E-state index in [1.807, 2.05) is 25.1 Å². The second kappa shape index (κ2) is 11.7. The van der Waals surface area contributed by atoms with E-state index >= 15 is 0 Å². The minimum Gasteiger partial charge on any atom is -0.495 e. The van der Waals surface area contributed by atoms with Gasteiger partial charge in [-0.2, -0.15) is 0 Å². The van der Waals surface area contributed by atoms with Crippen LogP contribution in [0.4, 0.5) is 5.69 Å². The fourth-order valence-electron chi connectivity index (χ4n) is 5.55. The number of halogens is 1. The molecule has 0 atom stereocenters. The largest absolute Gasteiger partial charge is 0.495 e. The van der Waals surface area contributed by atoms with Crippen molar-refractivity contribution in [2.45, 2.75) is 51.4 Å². The van der Waals surface area contributed by atoms with Crippen molar-refractivity contribution in [1.82, 2.24) is 5.32 Å². The number of rotatable bonds is 8. The molecule has 1 aliphatic heterocycles. The van der Waals surface area contributed by atoms with Crippen molar-refractivity contribution in [2.24, 2.45) is 0 Å². The number of hydrogen-bond acceptors (Lipinski definition) is 7. The van der Waals surface area contributed by atoms with Gasteiger partial charge in [-0.3, -0.25) is 14.4 Å². The molecule has 0 radical (unpaired) electrons. The highest BCUT2D eigenvalue weighted by atomic mass is 79.9. The Hall–Kier alpha value is -3.59. The number of ketones is 2. The summed E-state index contributed by atoms with van der Waals surface area (Å²) >= 11 is 3.61. The zero-order valence-electron chi connectivity index (χ0n) is 22.0. The number of allylic oxidation sites excluding steroid dienone is 4. The lowest BCUT2D eigenvalue weighted by molar-refractivity contribution is -0.118. The van der Waals surface area contributed by atoms with Gasteiger partial charge in [0.05, 0.1) is 23.9 Å². The molecule has 2 aromatic carbocycles. The summed E-state index contributed by atoms with van der Waals surface area (Å²) in [7, 11) is 1.54. The SMILES string of the molecule is CCOc1cc(C2C3=C(CCCC3=O)NC3=C2C(=O)CCC3)cc(Br)c1OCC(=O)Nc1ccccc1OC. The molecular formula is C30H31BrN2O6. The molecule has 0 saturated carbocycles. The highest BCUT2D eigenvalue weighted by molar-refractivity contribution is 9.10. The summed E-state index contributed by atoms with van der Waals surface area (Å²) in [5.41, 5.74) is 4.52. The van der Waals surface area contributed by atoms with Gasteiger partial charge in [0.2, 0.25) is 0 Å². The predicted octanol–water partition coefficient (Wildman–Crippen LogP) is 5.57. The van der Waals surface area contributed by atoms with Crippen LogP contribution in [0.3, 0.4) is 0 Å². The molecule has 0 aromatic heterocycles. The van der Waals surface area contributed by atoms with Gasteiger partial charge in [-0.05, 0) is 78.4 Å². The summed E-state index contributed by atoms with van der Waals surface area (Å²) in [5.74, 6) is 0.670. The quantitative estimate of drug-likeness (QED) is 0.411. The van der Waals surface area contributed by atoms with Gasteiger partial charge in [-0.25, -0.2) is 0 Å². The molecule has 2 N–H and O–H groups in total. The number of methoxy groups -OCH3 is 1. The monoisotopic (exact) mass is 594 g/mol. The number of anilines is 1. The van der Waals surface area contributed by atoms with E-state index in [1.165, 1.54) is 7.11 Å². The topological polar surface area (TPSA) is 103 Å². The number of amides is 1. The van der Waals surface area contributed by atoms with Crippen LogP contribution in [0.15, 0.2) is 63.4 Å². The summed E-state index contributed by atoms with van der Waals surface area (Å²) in [6.07, 6.45) is 4.10. The van der Waals surface area contributed by atoms with Crippen molar-refractivity contribution in [3.05, 3.63) is 69.0 Å². The lowest BCUT2D eigenvalue weighted by atomic mass is 9.71. The van der Waals surface area contributed by atoms with Gasteiger partial charge in [0.1, 0.15) is 5.75 Å². The maximum atomic E-state index is 13.2. The third kappa shape index (κ3) is 5.45. The standard InChI is InChI=1S/C30H31BrN2O6/c1-3-38-25-15-17(14-18(31)30(25)39-16-26(36)33-19-8-4-5-13-24(19)37-2)27-28-20(9-6-11-22(28)34)32-21-10-7-12-23(35)29(21)27/h4-5,8,13-15,27,32H,3,6-7,9-12,16H2,1-2H3,(H,33,36). The van der Waals surface area contributed by atoms with Crippen molar-refractivity contribution in [3.63, 3.8) is 0 Å². The highest BCUT2D eigenvalue weighted by Crippen LogP contribution is 2.48. The van der Waals surface area contributed by atoms with Gasteiger partial charge in [0.15, 0.2) is 29.7 Å². The smallest absolute Gasteiger partial charge is 0.262 e. The van der Waals surface area contributed by atoms with Crippen molar-refractivity contribution in [1.29, 1.82) is 0 Å². The van der Waals surface area contributed by atoms with Crippen molar-refractivity contribution in [3.8, 4) is 17.2 Å². The number of para-hydroxylation sites is 2. The minimum absolute atomic E-state index is 0.0705. The van der Waals surface area contributed by atoms with Gasteiger partial charge in [0, 0.05) is 41.3 Å². The Kier molecular flexibility index (Phi) is 8.07. The molecule has 0 bridgehead atoms. The van der Waals surface area contributed by atoms with E-state index in [2.05, 4.69) is 26.6 Å². The number of carbonyl (C=O) groups is 3. The number of dihydropyridines is 1. The Morgan fingerprint density at radius 1 is 0.974 bits per heavy atom. The molecule has 204 valence electrons. The molecule has 0 spiro atoms. The molecule has 8 nitrogen and oxygen atoms in total. The van der Waals surface area contributed by atoms with E-state index in [9.17, 15) is 14.4 Å². The second-order valence-electron chi connectivity index (χ2n) is 9.70. The van der Waals surface area contributed by atoms with Crippen LogP contribution in [-0.2, 0) is 14.4 Å². The molecule has 39 heavy (non-hydrogen) atoms. The van der Waals surface area contributed by atoms with Crippen molar-refractivity contribution < 1.29 is 28.6 Å². The summed E-state index contributed by atoms with van der Waals surface area (Å²) in [5, 5.41) is 6.24. The average Bonchev–Trinajstić information content (AvgIpc) is 2.92. The summed E-state index contributed by atoms with van der Waals surface area (Å²) in [6, 6.07) is 10.8. The van der Waals surface area contributed by atoms with E-state index < -0.39 is 5.92 Å². The first-order valence-electron chi connectivity index (χ1n) is 13.2. The van der Waals surface area contributed by atoms with E-state index in [0.29, 0.717) is 58.0 Å². The number of carbonyl (C=O) groups excluding carboxylic acids is 3. The molecule has 2 aliphatic carbocycles. The molecule has 9 heteroatoms. The summed E-state index contributed by atoms with van der Waals surface area (Å²) in [4.78, 5) is 39.0. The van der Waals surface area contributed by atoms with Crippen LogP contribution in [0.1, 0.15) is 56.9 Å². The van der Waals surface area contributed by atoms with E-state index in [0.717, 1.165) is 42.6 Å². The van der Waals surface area contributed by atoms with Crippen molar-refractivity contribution >= 4 is 39.1 Å². The zero-order chi connectivity index (χ0) is 27.5. The predicted molar refractivity (Wildman–Crippen MR) is 150 cm³/mol. The molecule has 3 aliphatic rings. The van der Waals surface area contributed by atoms with Gasteiger partial charge >= 0.3 is 0 Å². The molecular weight excluding hydrogens is 564 g/mol. The molecule has 0 unspecified atom stereocenters. The average molecular weight is 595 g/mol. The first-order chi connectivity index (χ1) is 18.9. The van der Waals surface area contributed by atoms with Crippen LogP contribution in [0.5, 0.6) is 17.2 Å². The Morgan fingerprint density at radius 3 is 2.28 bits per heavy atom. The summed E-state index contributed by atoms with van der Waals surface area (Å²) in [6.45, 7) is 1.97. The Labute approximate surface area is 235 Å². The molecule has 0 saturated heterocycles. The fourth-order valence-corrected chi connectivity index (χ4v) is 6.12. The Bertz CT molecular complexity index is 1350. The lowest BCUT2D eigenvalue weighted by Gasteiger charge is -2.37. The molecule has 1 heterocycles. The molecule has 0 fully saturated rings. The first kappa shape index (κ1) is 27.0. The van der Waals surface area contributed by atoms with Gasteiger partial charge < -0.3 is 24.8 Å². The van der Waals surface area contributed by atoms with Crippen LogP contribution in [0.25, 0.3) is 0 Å². The third-order valence-electron chi connectivity index (χ3n) is 7.19. The fraction of sp³-hybridized carbons (Fsp3) is 0.367. The van der Waals surface area contributed by atoms with Crippen molar-refractivity contribution in [2.75, 3.05) is 25.6 Å². The lowest BCUT2D eigenvalue weighted by Crippen LogP contribution is -2.36. The Morgan fingerprint density at radius 2 is 1.64 bits per heavy atom. The van der Waals surface area contributed by atoms with Gasteiger partial charge in [-0.15, -0.1) is 0 Å². The number of nitrogens with one attached hydrogen (secondary N) is 2. The van der Waals surface area contributed by atoms with Crippen LogP contribution in [-0.4, -0.2) is 37.8 Å². The van der Waals surface area contributed by atoms with E-state index in [4.69, 9.17) is 14.2 Å². The number of hydrogen-bond donors (Lipinski definition) is 2. The zero-order valence-corrected chi connectivity index (χ0v) is 23.6. The molecule has 1 amide bonds. The first-order valence-corrected chi connectivity index (χ1v) is 14.0. The normalized spacial score (nSPS) is 17.3. The maximum Gasteiger partial charge on any atom is 0.262 e. The number of ether oxygens (including phenoxy) is 3. The second-order valence-corrected chi connectivity index (χ2v) is 10.6. The van der Waals surface area contributed by atoms with Crippen LogP contribution in [0, 0.1) is 0 Å². The number of Topliss-reactive ketones (excluding diaryl/α,β-unsaturated/α-hetero) is 2. The molecule has 2 aromatic rings. The maximum absolute atomic E-state index is 13.2. The van der Waals surface area contributed by atoms with Gasteiger partial charge in [0.25, 0.3) is 5.91 Å². The molecule has 5 rings (SSSR count). The van der Waals surface area contributed by atoms with Gasteiger partial charge in [-0.1, -0.05) is 12.1 Å². The minimum atomic E-state index is -0.463. The van der Waals surface area contributed by atoms with E-state index in [1.54, 1.807) is 18.2 Å².